The number of hydrogen-bond acceptors (Lipinski definition) is 1. The molecule has 0 radical (unpaired) electrons. The van der Waals surface area contributed by atoms with Crippen molar-refractivity contribution in [1.82, 2.24) is 4.68 Å². The maximum absolute atomic E-state index is 11.5. The Balaban J connectivity index is 2.04. The molecule has 0 unspecified atom stereocenters. The third-order valence-corrected chi connectivity index (χ3v) is 5.18. The number of benzene rings is 2. The summed E-state index contributed by atoms with van der Waals surface area (Å²) in [4.78, 5) is 11.5. The van der Waals surface area contributed by atoms with E-state index in [4.69, 9.17) is 0 Å². The molecule has 0 aliphatic heterocycles. The van der Waals surface area contributed by atoms with Gasteiger partial charge in [-0.25, -0.2) is 14.9 Å². The van der Waals surface area contributed by atoms with Crippen LogP contribution in [0.15, 0.2) is 60.7 Å². The van der Waals surface area contributed by atoms with Crippen molar-refractivity contribution in [3.8, 4) is 22.5 Å². The van der Waals surface area contributed by atoms with Crippen LogP contribution in [0, 0.1) is 0 Å². The van der Waals surface area contributed by atoms with Crippen LogP contribution in [0.1, 0.15) is 52.7 Å². The Labute approximate surface area is 173 Å². The quantitative estimate of drug-likeness (QED) is 0.527. The van der Waals surface area contributed by atoms with Crippen LogP contribution < -0.4 is 5.43 Å². The molecule has 0 fully saturated rings. The standard InChI is InChI=1S/C25H30N2O2/c1-24(2,3)19-11-7-17(8-12-19)21-15-16-22(27(21)26-23(28)29)18-9-13-20(14-10-18)25(4,5)6/h7-16,26H,1-6H3,(H,28,29). The first-order valence-corrected chi connectivity index (χ1v) is 9.90. The highest BCUT2D eigenvalue weighted by Gasteiger charge is 2.18. The molecule has 0 saturated carbocycles. The molecule has 1 aromatic heterocycles. The lowest BCUT2D eigenvalue weighted by atomic mass is 9.86. The maximum atomic E-state index is 11.5. The van der Waals surface area contributed by atoms with E-state index in [-0.39, 0.29) is 10.8 Å². The third-order valence-electron chi connectivity index (χ3n) is 5.18. The second-order valence-corrected chi connectivity index (χ2v) is 9.51. The molecule has 3 aromatic rings. The highest BCUT2D eigenvalue weighted by Crippen LogP contribution is 2.31. The number of amides is 1. The van der Waals surface area contributed by atoms with Crippen molar-refractivity contribution in [2.45, 2.75) is 52.4 Å². The van der Waals surface area contributed by atoms with Crippen LogP contribution in [-0.4, -0.2) is 15.9 Å². The Morgan fingerprint density at radius 1 is 0.690 bits per heavy atom. The van der Waals surface area contributed by atoms with Crippen molar-refractivity contribution in [3.05, 3.63) is 71.8 Å². The fraction of sp³-hybridized carbons (Fsp3) is 0.320. The van der Waals surface area contributed by atoms with E-state index in [0.717, 1.165) is 22.5 Å². The van der Waals surface area contributed by atoms with E-state index in [1.807, 2.05) is 36.4 Å². The number of hydrogen-bond donors (Lipinski definition) is 2. The van der Waals surface area contributed by atoms with Gasteiger partial charge in [-0.15, -0.1) is 0 Å². The molecule has 0 bridgehead atoms. The molecule has 0 spiro atoms. The lowest BCUT2D eigenvalue weighted by Gasteiger charge is -2.20. The van der Waals surface area contributed by atoms with Gasteiger partial charge >= 0.3 is 6.09 Å². The summed E-state index contributed by atoms with van der Waals surface area (Å²) in [7, 11) is 0. The minimum atomic E-state index is -1.10. The molecule has 0 aliphatic carbocycles. The van der Waals surface area contributed by atoms with Gasteiger partial charge in [-0.1, -0.05) is 90.1 Å². The summed E-state index contributed by atoms with van der Waals surface area (Å²) in [6.07, 6.45) is -1.10. The number of nitrogens with zero attached hydrogens (tertiary/aromatic N) is 1. The van der Waals surface area contributed by atoms with E-state index in [0.29, 0.717) is 0 Å². The van der Waals surface area contributed by atoms with E-state index in [1.54, 1.807) is 4.68 Å². The average molecular weight is 391 g/mol. The highest BCUT2D eigenvalue weighted by molar-refractivity contribution is 5.79. The summed E-state index contributed by atoms with van der Waals surface area (Å²) in [5.74, 6) is 0. The molecule has 29 heavy (non-hydrogen) atoms. The topological polar surface area (TPSA) is 54.3 Å². The van der Waals surface area contributed by atoms with E-state index in [1.165, 1.54) is 11.1 Å². The average Bonchev–Trinajstić information content (AvgIpc) is 3.03. The molecule has 2 aromatic carbocycles. The van der Waals surface area contributed by atoms with Gasteiger partial charge in [-0.2, -0.15) is 0 Å². The zero-order valence-electron chi connectivity index (χ0n) is 18.1. The molecular weight excluding hydrogens is 360 g/mol. The summed E-state index contributed by atoms with van der Waals surface area (Å²) in [6, 6.07) is 20.5. The molecule has 152 valence electrons. The Bertz CT molecular complexity index is 924. The predicted octanol–water partition coefficient (Wildman–Crippen LogP) is 6.64. The summed E-state index contributed by atoms with van der Waals surface area (Å²) in [5.41, 5.74) is 8.70. The van der Waals surface area contributed by atoms with E-state index >= 15 is 0 Å². The van der Waals surface area contributed by atoms with Crippen LogP contribution in [0.2, 0.25) is 0 Å². The zero-order valence-corrected chi connectivity index (χ0v) is 18.1. The number of aromatic nitrogens is 1. The van der Waals surface area contributed by atoms with Crippen LogP contribution in [0.3, 0.4) is 0 Å². The second kappa shape index (κ2) is 7.43. The predicted molar refractivity (Wildman–Crippen MR) is 120 cm³/mol. The van der Waals surface area contributed by atoms with Crippen LogP contribution in [0.25, 0.3) is 22.5 Å². The van der Waals surface area contributed by atoms with Crippen molar-refractivity contribution in [2.75, 3.05) is 5.43 Å². The monoisotopic (exact) mass is 390 g/mol. The Morgan fingerprint density at radius 3 is 1.31 bits per heavy atom. The van der Waals surface area contributed by atoms with Crippen LogP contribution in [-0.2, 0) is 10.8 Å². The lowest BCUT2D eigenvalue weighted by Crippen LogP contribution is -2.22. The Kier molecular flexibility index (Phi) is 5.31. The molecule has 2 N–H and O–H groups in total. The number of rotatable bonds is 3. The molecule has 3 rings (SSSR count). The molecule has 1 heterocycles. The van der Waals surface area contributed by atoms with Gasteiger partial charge in [0.1, 0.15) is 0 Å². The SMILES string of the molecule is CC(C)(C)c1ccc(-c2ccc(-c3ccc(C(C)(C)C)cc3)n2NC(=O)O)cc1. The smallest absolute Gasteiger partial charge is 0.423 e. The van der Waals surface area contributed by atoms with Gasteiger partial charge in [0.2, 0.25) is 0 Å². The van der Waals surface area contributed by atoms with Gasteiger partial charge in [0.15, 0.2) is 0 Å². The van der Waals surface area contributed by atoms with Crippen molar-refractivity contribution in [1.29, 1.82) is 0 Å². The highest BCUT2D eigenvalue weighted by atomic mass is 16.4. The van der Waals surface area contributed by atoms with Gasteiger partial charge in [0.25, 0.3) is 0 Å². The Hall–Kier alpha value is -3.01. The van der Waals surface area contributed by atoms with Crippen molar-refractivity contribution in [3.63, 3.8) is 0 Å². The molecule has 1 amide bonds. The van der Waals surface area contributed by atoms with E-state index < -0.39 is 6.09 Å². The van der Waals surface area contributed by atoms with Gasteiger partial charge in [-0.3, -0.25) is 0 Å². The minimum Gasteiger partial charge on any atom is -0.464 e. The molecule has 0 saturated heterocycles. The minimum absolute atomic E-state index is 0.0692. The van der Waals surface area contributed by atoms with E-state index in [2.05, 4.69) is 71.2 Å². The first kappa shape index (κ1) is 20.7. The summed E-state index contributed by atoms with van der Waals surface area (Å²) < 4.78 is 1.64. The first-order valence-electron chi connectivity index (χ1n) is 9.90. The molecular formula is C25H30N2O2. The fourth-order valence-electron chi connectivity index (χ4n) is 3.39. The van der Waals surface area contributed by atoms with Gasteiger partial charge in [0, 0.05) is 11.1 Å². The fourth-order valence-corrected chi connectivity index (χ4v) is 3.39. The molecule has 0 atom stereocenters. The molecule has 0 aliphatic rings. The number of carboxylic acid groups (broad SMARTS) is 1. The van der Waals surface area contributed by atoms with Crippen molar-refractivity contribution >= 4 is 6.09 Å². The lowest BCUT2D eigenvalue weighted by molar-refractivity contribution is 0.206. The third kappa shape index (κ3) is 4.53. The van der Waals surface area contributed by atoms with Gasteiger partial charge < -0.3 is 5.11 Å². The summed E-state index contributed by atoms with van der Waals surface area (Å²) >= 11 is 0. The largest absolute Gasteiger partial charge is 0.464 e. The second-order valence-electron chi connectivity index (χ2n) is 9.51. The molecule has 4 nitrogen and oxygen atoms in total. The van der Waals surface area contributed by atoms with Gasteiger partial charge in [-0.05, 0) is 34.1 Å². The van der Waals surface area contributed by atoms with Crippen LogP contribution in [0.5, 0.6) is 0 Å². The summed E-state index contributed by atoms with van der Waals surface area (Å²) in [6.45, 7) is 13.1. The molecule has 4 heteroatoms. The van der Waals surface area contributed by atoms with Crippen LogP contribution >= 0.6 is 0 Å². The van der Waals surface area contributed by atoms with Gasteiger partial charge in [0.05, 0.1) is 11.4 Å². The number of carbonyl (C=O) groups is 1. The Morgan fingerprint density at radius 2 is 1.03 bits per heavy atom. The van der Waals surface area contributed by atoms with E-state index in [9.17, 15) is 9.90 Å². The zero-order chi connectivity index (χ0) is 21.4. The van der Waals surface area contributed by atoms with Crippen molar-refractivity contribution in [2.24, 2.45) is 0 Å². The first-order chi connectivity index (χ1) is 13.5. The number of nitrogens with one attached hydrogen (secondary N) is 1. The maximum Gasteiger partial charge on any atom is 0.423 e. The summed E-state index contributed by atoms with van der Waals surface area (Å²) in [5, 5.41) is 9.40. The van der Waals surface area contributed by atoms with Crippen molar-refractivity contribution < 1.29 is 9.90 Å². The van der Waals surface area contributed by atoms with Crippen LogP contribution in [0.4, 0.5) is 4.79 Å². The normalized spacial score (nSPS) is 12.1.